The number of hydrogen-bond donors (Lipinski definition) is 1. The van der Waals surface area contributed by atoms with E-state index in [1.807, 2.05) is 25.1 Å². The van der Waals surface area contributed by atoms with Gasteiger partial charge in [-0.25, -0.2) is 8.42 Å². The minimum absolute atomic E-state index is 0.123. The van der Waals surface area contributed by atoms with E-state index in [2.05, 4.69) is 20.5 Å². The van der Waals surface area contributed by atoms with E-state index in [4.69, 9.17) is 11.6 Å². The summed E-state index contributed by atoms with van der Waals surface area (Å²) in [6.45, 7) is 1.96. The highest BCUT2D eigenvalue weighted by Gasteiger charge is 2.31. The second kappa shape index (κ2) is 6.52. The number of anilines is 3. The van der Waals surface area contributed by atoms with Gasteiger partial charge in [-0.2, -0.15) is 10.1 Å². The molecule has 1 atom stereocenters. The Hall–Kier alpha value is -1.93. The minimum atomic E-state index is -2.97. The molecule has 128 valence electrons. The Kier molecular flexibility index (Phi) is 4.60. The van der Waals surface area contributed by atoms with Crippen LogP contribution in [0.25, 0.3) is 0 Å². The Morgan fingerprint density at radius 1 is 1.38 bits per heavy atom. The number of hydrogen-bond acceptors (Lipinski definition) is 7. The third-order valence-corrected chi connectivity index (χ3v) is 6.07. The molecular formula is C15H18ClN5O2S. The van der Waals surface area contributed by atoms with Crippen molar-refractivity contribution in [3.05, 3.63) is 35.0 Å². The van der Waals surface area contributed by atoms with Crippen LogP contribution in [-0.4, -0.2) is 48.2 Å². The Balaban J connectivity index is 1.80. The van der Waals surface area contributed by atoms with Crippen molar-refractivity contribution in [1.82, 2.24) is 15.2 Å². The van der Waals surface area contributed by atoms with Crippen molar-refractivity contribution < 1.29 is 8.42 Å². The van der Waals surface area contributed by atoms with Gasteiger partial charge in [-0.3, -0.25) is 0 Å². The molecule has 0 aliphatic carbocycles. The van der Waals surface area contributed by atoms with E-state index in [1.165, 1.54) is 6.20 Å². The molecule has 1 aromatic heterocycles. The predicted molar refractivity (Wildman–Crippen MR) is 94.8 cm³/mol. The minimum Gasteiger partial charge on any atom is -0.339 e. The van der Waals surface area contributed by atoms with Crippen molar-refractivity contribution in [3.63, 3.8) is 0 Å². The van der Waals surface area contributed by atoms with E-state index >= 15 is 0 Å². The number of aryl methyl sites for hydroxylation is 1. The standard InChI is InChI=1S/C15H18ClN5O2S/c1-10-3-4-11(16)7-13(10)18-14-8-17-20-15(19-14)21(2)12-5-6-24(22,23)9-12/h3-4,7-8,12H,5-6,9H2,1-2H3,(H,18,19,20). The van der Waals surface area contributed by atoms with Crippen LogP contribution < -0.4 is 10.2 Å². The summed E-state index contributed by atoms with van der Waals surface area (Å²) in [5, 5.41) is 11.8. The zero-order chi connectivity index (χ0) is 17.3. The zero-order valence-corrected chi connectivity index (χ0v) is 15.0. The van der Waals surface area contributed by atoms with Crippen LogP contribution in [0.1, 0.15) is 12.0 Å². The van der Waals surface area contributed by atoms with Gasteiger partial charge < -0.3 is 10.2 Å². The van der Waals surface area contributed by atoms with Gasteiger partial charge in [0.15, 0.2) is 15.7 Å². The molecule has 1 aromatic carbocycles. The molecule has 0 spiro atoms. The molecule has 0 bridgehead atoms. The van der Waals surface area contributed by atoms with Gasteiger partial charge in [0.05, 0.1) is 17.7 Å². The van der Waals surface area contributed by atoms with Crippen LogP contribution in [-0.2, 0) is 9.84 Å². The first kappa shape index (κ1) is 16.9. The molecule has 3 rings (SSSR count). The largest absolute Gasteiger partial charge is 0.339 e. The first-order valence-corrected chi connectivity index (χ1v) is 9.70. The first-order chi connectivity index (χ1) is 11.3. The number of benzene rings is 1. The summed E-state index contributed by atoms with van der Waals surface area (Å²) >= 11 is 6.02. The molecule has 9 heteroatoms. The maximum absolute atomic E-state index is 11.6. The molecule has 7 nitrogen and oxygen atoms in total. The van der Waals surface area contributed by atoms with Crippen molar-refractivity contribution >= 4 is 38.9 Å². The third kappa shape index (κ3) is 3.76. The second-order valence-corrected chi connectivity index (χ2v) is 8.56. The topological polar surface area (TPSA) is 88.1 Å². The third-order valence-electron chi connectivity index (χ3n) is 4.08. The lowest BCUT2D eigenvalue weighted by Crippen LogP contribution is -2.34. The molecule has 1 aliphatic heterocycles. The summed E-state index contributed by atoms with van der Waals surface area (Å²) in [6.07, 6.45) is 2.09. The second-order valence-electron chi connectivity index (χ2n) is 5.89. The highest BCUT2D eigenvalue weighted by molar-refractivity contribution is 7.91. The molecule has 2 aromatic rings. The fourth-order valence-corrected chi connectivity index (χ4v) is 4.56. The summed E-state index contributed by atoms with van der Waals surface area (Å²) in [5.74, 6) is 1.24. The van der Waals surface area contributed by atoms with Crippen molar-refractivity contribution in [2.75, 3.05) is 28.8 Å². The normalized spacial score (nSPS) is 19.2. The fourth-order valence-electron chi connectivity index (χ4n) is 2.61. The number of aromatic nitrogens is 3. The lowest BCUT2D eigenvalue weighted by molar-refractivity contribution is 0.600. The van der Waals surface area contributed by atoms with E-state index in [0.717, 1.165) is 11.3 Å². The van der Waals surface area contributed by atoms with Gasteiger partial charge in [-0.05, 0) is 31.0 Å². The summed E-state index contributed by atoms with van der Waals surface area (Å²) in [5.41, 5.74) is 1.86. The van der Waals surface area contributed by atoms with Crippen LogP contribution in [0.4, 0.5) is 17.5 Å². The van der Waals surface area contributed by atoms with Gasteiger partial charge in [-0.15, -0.1) is 5.10 Å². The van der Waals surface area contributed by atoms with Crippen LogP contribution in [0.5, 0.6) is 0 Å². The van der Waals surface area contributed by atoms with Gasteiger partial charge in [0.25, 0.3) is 0 Å². The van der Waals surface area contributed by atoms with Crippen molar-refractivity contribution in [2.24, 2.45) is 0 Å². The van der Waals surface area contributed by atoms with Crippen LogP contribution in [0, 0.1) is 6.92 Å². The maximum Gasteiger partial charge on any atom is 0.247 e. The summed E-state index contributed by atoms with van der Waals surface area (Å²) < 4.78 is 23.3. The van der Waals surface area contributed by atoms with Crippen molar-refractivity contribution in [3.8, 4) is 0 Å². The predicted octanol–water partition coefficient (Wildman–Crippen LogP) is 2.20. The Morgan fingerprint density at radius 3 is 2.88 bits per heavy atom. The number of nitrogens with zero attached hydrogens (tertiary/aromatic N) is 4. The SMILES string of the molecule is Cc1ccc(Cl)cc1Nc1cnnc(N(C)C2CCS(=O)(=O)C2)n1. The molecule has 24 heavy (non-hydrogen) atoms. The number of nitrogens with one attached hydrogen (secondary N) is 1. The van der Waals surface area contributed by atoms with Gasteiger partial charge in [-0.1, -0.05) is 17.7 Å². The van der Waals surface area contributed by atoms with Crippen LogP contribution >= 0.6 is 11.6 Å². The van der Waals surface area contributed by atoms with Crippen LogP contribution in [0.3, 0.4) is 0 Å². The molecule has 1 unspecified atom stereocenters. The summed E-state index contributed by atoms with van der Waals surface area (Å²) in [7, 11) is -1.18. The van der Waals surface area contributed by atoms with Crippen molar-refractivity contribution in [1.29, 1.82) is 0 Å². The molecule has 1 saturated heterocycles. The average molecular weight is 368 g/mol. The van der Waals surface area contributed by atoms with Gasteiger partial charge >= 0.3 is 0 Å². The molecule has 0 amide bonds. The molecule has 1 fully saturated rings. The highest BCUT2D eigenvalue weighted by atomic mass is 35.5. The summed E-state index contributed by atoms with van der Waals surface area (Å²) in [4.78, 5) is 6.21. The number of sulfone groups is 1. The lowest BCUT2D eigenvalue weighted by Gasteiger charge is -2.23. The molecule has 1 aliphatic rings. The Bertz CT molecular complexity index is 859. The lowest BCUT2D eigenvalue weighted by atomic mass is 10.2. The quantitative estimate of drug-likeness (QED) is 0.886. The van der Waals surface area contributed by atoms with E-state index in [-0.39, 0.29) is 17.5 Å². The van der Waals surface area contributed by atoms with E-state index in [1.54, 1.807) is 11.9 Å². The molecule has 1 N–H and O–H groups in total. The van der Waals surface area contributed by atoms with Gasteiger partial charge in [0.2, 0.25) is 5.95 Å². The highest BCUT2D eigenvalue weighted by Crippen LogP contribution is 2.24. The van der Waals surface area contributed by atoms with Crippen LogP contribution in [0.15, 0.2) is 24.4 Å². The van der Waals surface area contributed by atoms with Gasteiger partial charge in [0, 0.05) is 23.8 Å². The average Bonchev–Trinajstić information content (AvgIpc) is 2.90. The van der Waals surface area contributed by atoms with E-state index in [0.29, 0.717) is 23.2 Å². The molecular weight excluding hydrogens is 350 g/mol. The Labute approximate surface area is 146 Å². The van der Waals surface area contributed by atoms with E-state index < -0.39 is 9.84 Å². The van der Waals surface area contributed by atoms with Crippen LogP contribution in [0.2, 0.25) is 5.02 Å². The zero-order valence-electron chi connectivity index (χ0n) is 13.4. The number of halogens is 1. The fraction of sp³-hybridized carbons (Fsp3) is 0.400. The molecule has 0 saturated carbocycles. The smallest absolute Gasteiger partial charge is 0.247 e. The van der Waals surface area contributed by atoms with E-state index in [9.17, 15) is 8.42 Å². The van der Waals surface area contributed by atoms with Crippen molar-refractivity contribution in [2.45, 2.75) is 19.4 Å². The molecule has 2 heterocycles. The number of rotatable bonds is 4. The first-order valence-electron chi connectivity index (χ1n) is 7.50. The Morgan fingerprint density at radius 2 is 2.17 bits per heavy atom. The monoisotopic (exact) mass is 367 g/mol. The molecule has 0 radical (unpaired) electrons. The van der Waals surface area contributed by atoms with Gasteiger partial charge in [0.1, 0.15) is 0 Å². The summed E-state index contributed by atoms with van der Waals surface area (Å²) in [6, 6.07) is 5.42. The maximum atomic E-state index is 11.6.